The predicted octanol–water partition coefficient (Wildman–Crippen LogP) is 0.966. The zero-order valence-electron chi connectivity index (χ0n) is 10.5. The zero-order chi connectivity index (χ0) is 13.9. The summed E-state index contributed by atoms with van der Waals surface area (Å²) in [4.78, 5) is 1.67. The molecule has 0 aliphatic carbocycles. The van der Waals surface area contributed by atoms with Crippen molar-refractivity contribution in [2.24, 2.45) is 0 Å². The van der Waals surface area contributed by atoms with Crippen molar-refractivity contribution < 1.29 is 19.0 Å². The lowest BCUT2D eigenvalue weighted by atomic mass is 9.98. The molecule has 0 saturated carbocycles. The number of nitrogens with one attached hydrogen (secondary N) is 1. The third-order valence-electron chi connectivity index (χ3n) is 3.34. The van der Waals surface area contributed by atoms with Crippen molar-refractivity contribution in [3.05, 3.63) is 29.8 Å². The van der Waals surface area contributed by atoms with Crippen molar-refractivity contribution in [2.75, 3.05) is 32.8 Å². The fourth-order valence-electron chi connectivity index (χ4n) is 2.41. The van der Waals surface area contributed by atoms with E-state index in [0.717, 1.165) is 0 Å². The number of benzene rings is 1. The number of phenols is 1. The molecule has 1 fully saturated rings. The Morgan fingerprint density at radius 3 is 2.32 bits per heavy atom. The lowest BCUT2D eigenvalue weighted by Crippen LogP contribution is -2.51. The van der Waals surface area contributed by atoms with Crippen molar-refractivity contribution in [3.8, 4) is 5.75 Å². The van der Waals surface area contributed by atoms with Crippen LogP contribution < -0.4 is 5.32 Å². The second kappa shape index (κ2) is 5.81. The summed E-state index contributed by atoms with van der Waals surface area (Å²) >= 11 is 0. The van der Waals surface area contributed by atoms with Crippen molar-refractivity contribution >= 4 is 0 Å². The van der Waals surface area contributed by atoms with Crippen molar-refractivity contribution in [3.63, 3.8) is 0 Å². The monoisotopic (exact) mass is 272 g/mol. The van der Waals surface area contributed by atoms with Gasteiger partial charge >= 0.3 is 0 Å². The molecular weight excluding hydrogens is 254 g/mol. The van der Waals surface area contributed by atoms with Gasteiger partial charge in [-0.25, -0.2) is 8.78 Å². The number of aliphatic hydroxyl groups is 1. The first kappa shape index (κ1) is 14.2. The molecule has 0 amide bonds. The van der Waals surface area contributed by atoms with E-state index >= 15 is 0 Å². The van der Waals surface area contributed by atoms with Crippen LogP contribution in [-0.2, 0) is 0 Å². The van der Waals surface area contributed by atoms with Gasteiger partial charge in [0.2, 0.25) is 0 Å². The molecule has 1 aromatic carbocycles. The number of hydrogen-bond donors (Lipinski definition) is 3. The van der Waals surface area contributed by atoms with Crippen LogP contribution in [0.15, 0.2) is 24.3 Å². The van der Waals surface area contributed by atoms with Crippen LogP contribution in [0.25, 0.3) is 0 Å². The standard InChI is InChI=1S/C13H18F2N2O2/c14-13(15,9-18)12(17-7-5-16-6-8-17)10-1-3-11(19)4-2-10/h1-4,12,16,18-19H,5-9H2/t12-/m0/s1. The smallest absolute Gasteiger partial charge is 0.289 e. The Labute approximate surface area is 110 Å². The van der Waals surface area contributed by atoms with Crippen LogP contribution in [0.4, 0.5) is 8.78 Å². The van der Waals surface area contributed by atoms with Gasteiger partial charge < -0.3 is 15.5 Å². The highest BCUT2D eigenvalue weighted by atomic mass is 19.3. The molecule has 0 unspecified atom stereocenters. The summed E-state index contributed by atoms with van der Waals surface area (Å²) in [6.45, 7) is 1.11. The van der Waals surface area contributed by atoms with E-state index in [-0.39, 0.29) is 5.75 Å². The van der Waals surface area contributed by atoms with E-state index in [0.29, 0.717) is 31.7 Å². The van der Waals surface area contributed by atoms with Gasteiger partial charge in [-0.3, -0.25) is 4.90 Å². The van der Waals surface area contributed by atoms with Crippen LogP contribution in [0.5, 0.6) is 5.75 Å². The largest absolute Gasteiger partial charge is 0.508 e. The minimum Gasteiger partial charge on any atom is -0.508 e. The van der Waals surface area contributed by atoms with Crippen LogP contribution in [0.1, 0.15) is 11.6 Å². The van der Waals surface area contributed by atoms with Gasteiger partial charge in [-0.05, 0) is 17.7 Å². The van der Waals surface area contributed by atoms with E-state index in [1.165, 1.54) is 24.3 Å². The number of alkyl halides is 2. The molecule has 0 bridgehead atoms. The van der Waals surface area contributed by atoms with E-state index in [4.69, 9.17) is 5.11 Å². The second-order valence-electron chi connectivity index (χ2n) is 4.70. The van der Waals surface area contributed by atoms with Gasteiger partial charge in [0.25, 0.3) is 5.92 Å². The number of rotatable bonds is 4. The molecule has 1 saturated heterocycles. The van der Waals surface area contributed by atoms with Crippen molar-refractivity contribution in [2.45, 2.75) is 12.0 Å². The van der Waals surface area contributed by atoms with E-state index < -0.39 is 18.6 Å². The van der Waals surface area contributed by atoms with Crippen LogP contribution in [0.3, 0.4) is 0 Å². The third kappa shape index (κ3) is 3.20. The summed E-state index contributed by atoms with van der Waals surface area (Å²) in [5, 5.41) is 21.3. The average molecular weight is 272 g/mol. The Hall–Kier alpha value is -1.24. The first-order valence-electron chi connectivity index (χ1n) is 6.27. The number of phenolic OH excluding ortho intramolecular Hbond substituents is 1. The predicted molar refractivity (Wildman–Crippen MR) is 67.3 cm³/mol. The molecule has 6 heteroatoms. The van der Waals surface area contributed by atoms with Crippen LogP contribution in [0.2, 0.25) is 0 Å². The lowest BCUT2D eigenvalue weighted by molar-refractivity contribution is -0.118. The van der Waals surface area contributed by atoms with Crippen molar-refractivity contribution in [1.82, 2.24) is 10.2 Å². The van der Waals surface area contributed by atoms with Crippen molar-refractivity contribution in [1.29, 1.82) is 0 Å². The molecule has 1 atom stereocenters. The molecule has 1 aliphatic heterocycles. The Morgan fingerprint density at radius 1 is 1.21 bits per heavy atom. The molecule has 1 heterocycles. The minimum absolute atomic E-state index is 0.0372. The maximum Gasteiger partial charge on any atom is 0.289 e. The topological polar surface area (TPSA) is 55.7 Å². The first-order chi connectivity index (χ1) is 9.04. The summed E-state index contributed by atoms with van der Waals surface area (Å²) in [5.74, 6) is -3.18. The minimum atomic E-state index is -3.21. The second-order valence-corrected chi connectivity index (χ2v) is 4.70. The fourth-order valence-corrected chi connectivity index (χ4v) is 2.41. The average Bonchev–Trinajstić information content (AvgIpc) is 2.42. The van der Waals surface area contributed by atoms with E-state index in [1.54, 1.807) is 4.90 Å². The van der Waals surface area contributed by atoms with Crippen LogP contribution >= 0.6 is 0 Å². The van der Waals surface area contributed by atoms with Gasteiger partial charge in [0.1, 0.15) is 18.4 Å². The Morgan fingerprint density at radius 2 is 1.79 bits per heavy atom. The highest BCUT2D eigenvalue weighted by Crippen LogP contribution is 2.36. The number of nitrogens with zero attached hydrogens (tertiary/aromatic N) is 1. The number of hydrogen-bond acceptors (Lipinski definition) is 4. The summed E-state index contributed by atoms with van der Waals surface area (Å²) < 4.78 is 28.0. The number of aromatic hydroxyl groups is 1. The number of piperazine rings is 1. The quantitative estimate of drug-likeness (QED) is 0.764. The summed E-state index contributed by atoms with van der Waals surface area (Å²) in [5.41, 5.74) is 0.402. The molecule has 4 nitrogen and oxygen atoms in total. The van der Waals surface area contributed by atoms with Gasteiger partial charge in [0, 0.05) is 26.2 Å². The highest BCUT2D eigenvalue weighted by Gasteiger charge is 2.43. The summed E-state index contributed by atoms with van der Waals surface area (Å²) in [6, 6.07) is 4.56. The molecule has 1 aromatic rings. The summed E-state index contributed by atoms with van der Waals surface area (Å²) in [6.07, 6.45) is 0. The van der Waals surface area contributed by atoms with Gasteiger partial charge in [-0.2, -0.15) is 0 Å². The van der Waals surface area contributed by atoms with E-state index in [1.807, 2.05) is 0 Å². The highest BCUT2D eigenvalue weighted by molar-refractivity contribution is 5.29. The fraction of sp³-hybridized carbons (Fsp3) is 0.538. The number of aliphatic hydroxyl groups excluding tert-OH is 1. The Bertz CT molecular complexity index is 406. The third-order valence-corrected chi connectivity index (χ3v) is 3.34. The van der Waals surface area contributed by atoms with Crippen LogP contribution in [0, 0.1) is 0 Å². The molecule has 19 heavy (non-hydrogen) atoms. The normalized spacial score (nSPS) is 19.3. The molecule has 0 spiro atoms. The number of halogens is 2. The summed E-state index contributed by atoms with van der Waals surface area (Å²) in [7, 11) is 0. The zero-order valence-corrected chi connectivity index (χ0v) is 10.5. The molecular formula is C13H18F2N2O2. The molecule has 0 aromatic heterocycles. The van der Waals surface area contributed by atoms with E-state index in [2.05, 4.69) is 5.32 Å². The van der Waals surface area contributed by atoms with Gasteiger partial charge in [0.15, 0.2) is 0 Å². The van der Waals surface area contributed by atoms with Gasteiger partial charge in [-0.15, -0.1) is 0 Å². The molecule has 0 radical (unpaired) electrons. The van der Waals surface area contributed by atoms with Gasteiger partial charge in [-0.1, -0.05) is 12.1 Å². The van der Waals surface area contributed by atoms with Crippen LogP contribution in [-0.4, -0.2) is 53.8 Å². The van der Waals surface area contributed by atoms with E-state index in [9.17, 15) is 13.9 Å². The SMILES string of the molecule is OCC(F)(F)[C@H](c1ccc(O)cc1)N1CCNCC1. The Balaban J connectivity index is 2.30. The molecule has 106 valence electrons. The molecule has 2 rings (SSSR count). The molecule has 1 aliphatic rings. The first-order valence-corrected chi connectivity index (χ1v) is 6.27. The molecule has 3 N–H and O–H groups in total. The maximum atomic E-state index is 14.0. The maximum absolute atomic E-state index is 14.0. The Kier molecular flexibility index (Phi) is 4.34. The lowest BCUT2D eigenvalue weighted by Gasteiger charge is -2.38. The van der Waals surface area contributed by atoms with Gasteiger partial charge in [0.05, 0.1) is 0 Å².